The Morgan fingerprint density at radius 1 is 0.657 bits per heavy atom. The van der Waals surface area contributed by atoms with E-state index in [4.69, 9.17) is 18.9 Å². The lowest BCUT2D eigenvalue weighted by Gasteiger charge is -2.20. The first-order valence-electron chi connectivity index (χ1n) is 18.4. The molecule has 0 atom stereocenters. The highest BCUT2D eigenvalue weighted by Crippen LogP contribution is 2.39. The Morgan fingerprint density at radius 3 is 1.51 bits per heavy atom. The lowest BCUT2D eigenvalue weighted by atomic mass is 10.2. The van der Waals surface area contributed by atoms with E-state index in [1.807, 2.05) is 34.0 Å². The van der Waals surface area contributed by atoms with Crippen molar-refractivity contribution in [3.05, 3.63) is 94.1 Å². The lowest BCUT2D eigenvalue weighted by molar-refractivity contribution is -0.149. The summed E-state index contributed by atoms with van der Waals surface area (Å²) in [6.45, 7) is 9.59. The van der Waals surface area contributed by atoms with Gasteiger partial charge in [-0.25, -0.2) is 19.2 Å². The molecular formula is C37H37F9N2O17S5. The third kappa shape index (κ3) is 19.3. The summed E-state index contributed by atoms with van der Waals surface area (Å²) >= 11 is 1.65. The minimum Gasteiger partial charge on any atom is -0.510 e. The molecule has 2 heterocycles. The van der Waals surface area contributed by atoms with Crippen LogP contribution < -0.4 is 9.50 Å². The number of carbonyl (C=O) groups excluding carboxylic acids is 4. The summed E-state index contributed by atoms with van der Waals surface area (Å²) in [5, 5.41) is 12.7. The Kier molecular flexibility index (Phi) is 20.3. The minimum atomic E-state index is -6.85. The van der Waals surface area contributed by atoms with Crippen molar-refractivity contribution in [1.82, 2.24) is 0 Å². The Labute approximate surface area is 400 Å². The zero-order chi connectivity index (χ0) is 53.9. The van der Waals surface area contributed by atoms with Gasteiger partial charge in [0.25, 0.3) is 0 Å². The number of hydrogen-bond donors (Lipinski definition) is 2. The lowest BCUT2D eigenvalue weighted by Crippen LogP contribution is -2.34. The molecule has 0 radical (unpaired) electrons. The van der Waals surface area contributed by atoms with Gasteiger partial charge in [-0.15, -0.1) is 15.0 Å². The molecule has 0 unspecified atom stereocenters. The summed E-state index contributed by atoms with van der Waals surface area (Å²) in [7, 11) is -19.8. The zero-order valence-electron chi connectivity index (χ0n) is 36.3. The number of halogens is 9. The van der Waals surface area contributed by atoms with Crippen LogP contribution >= 0.6 is 23.1 Å². The van der Waals surface area contributed by atoms with Crippen LogP contribution in [0, 0.1) is 0 Å². The molecule has 4 rings (SSSR count). The second kappa shape index (κ2) is 23.5. The van der Waals surface area contributed by atoms with Crippen LogP contribution in [0.15, 0.2) is 82.4 Å². The fourth-order valence-electron chi connectivity index (χ4n) is 4.09. The van der Waals surface area contributed by atoms with E-state index in [0.29, 0.717) is 16.9 Å². The van der Waals surface area contributed by atoms with Gasteiger partial charge < -0.3 is 28.2 Å². The number of ether oxygens (including phenoxy) is 4. The zero-order valence-corrected chi connectivity index (χ0v) is 40.4. The monoisotopic (exact) mass is 1110 g/mol. The van der Waals surface area contributed by atoms with Crippen LogP contribution in [0.3, 0.4) is 0 Å². The molecule has 33 heteroatoms. The van der Waals surface area contributed by atoms with E-state index < -0.39 is 93.5 Å². The average molecular weight is 1110 g/mol. The molecule has 390 valence electrons. The maximum Gasteiger partial charge on any atom is 0.534 e. The number of anilines is 1. The molecule has 1 aliphatic heterocycles. The fraction of sp³-hybridized carbons (Fsp3) is 0.378. The Hall–Kier alpha value is -5.64. The molecule has 1 aromatic heterocycles. The highest BCUT2D eigenvalue weighted by atomic mass is 32.3. The fourth-order valence-corrected chi connectivity index (χ4v) is 7.91. The third-order valence-corrected chi connectivity index (χ3v) is 12.3. The van der Waals surface area contributed by atoms with Crippen molar-refractivity contribution in [2.75, 3.05) is 11.1 Å². The first kappa shape index (κ1) is 60.5. The predicted octanol–water partition coefficient (Wildman–Crippen LogP) is 9.01. The van der Waals surface area contributed by atoms with Gasteiger partial charge in [0.05, 0.1) is 5.75 Å². The van der Waals surface area contributed by atoms with Crippen LogP contribution in [0.2, 0.25) is 0 Å². The molecule has 19 nitrogen and oxygen atoms in total. The second-order valence-electron chi connectivity index (χ2n) is 14.9. The number of amides is 2. The van der Waals surface area contributed by atoms with Gasteiger partial charge in [0.15, 0.2) is 5.75 Å². The largest absolute Gasteiger partial charge is 0.534 e. The normalized spacial score (nSPS) is 14.3. The molecule has 1 aliphatic rings. The SMILES string of the molecule is CC(C)(C)OC(=O)C1=C(O)CSC1=NC(=O)OCc1ccccc1.CC(C)(C)OC(=O)c1c(OS(=O)(=O)C(F)(F)F)csc1NC(=O)OCc1ccccc1.O=S(=O)(OS(=O)(=O)C(F)(F)F)C(F)(F)F. The quantitative estimate of drug-likeness (QED) is 0.0596. The van der Waals surface area contributed by atoms with Gasteiger partial charge in [-0.2, -0.15) is 69.8 Å². The molecular weight excluding hydrogens is 1080 g/mol. The smallest absolute Gasteiger partial charge is 0.510 e. The number of nitrogens with one attached hydrogen (secondary N) is 1. The molecule has 2 N–H and O–H groups in total. The first-order chi connectivity index (χ1) is 31.7. The summed E-state index contributed by atoms with van der Waals surface area (Å²) in [5.41, 5.74) is -19.3. The van der Waals surface area contributed by atoms with Crippen molar-refractivity contribution < 1.29 is 116 Å². The summed E-state index contributed by atoms with van der Waals surface area (Å²) in [4.78, 5) is 52.4. The van der Waals surface area contributed by atoms with Crippen LogP contribution in [-0.2, 0) is 70.9 Å². The van der Waals surface area contributed by atoms with Gasteiger partial charge in [0, 0.05) is 5.38 Å². The Balaban J connectivity index is 0.000000383. The number of thiophene rings is 1. The van der Waals surface area contributed by atoms with Crippen LogP contribution in [0.5, 0.6) is 5.75 Å². The molecule has 0 aliphatic carbocycles. The van der Waals surface area contributed by atoms with Gasteiger partial charge in [-0.3, -0.25) is 5.32 Å². The number of aliphatic imine (C=N–C) groups is 1. The molecule has 0 bridgehead atoms. The Bertz CT molecular complexity index is 2710. The van der Waals surface area contributed by atoms with Crippen LogP contribution in [0.1, 0.15) is 63.0 Å². The van der Waals surface area contributed by atoms with Crippen LogP contribution in [0.4, 0.5) is 54.1 Å². The first-order valence-corrected chi connectivity index (χ1v) is 24.5. The highest BCUT2D eigenvalue weighted by molar-refractivity contribution is 8.15. The van der Waals surface area contributed by atoms with E-state index in [1.165, 1.54) is 20.8 Å². The van der Waals surface area contributed by atoms with E-state index in [-0.39, 0.29) is 40.3 Å². The van der Waals surface area contributed by atoms with Gasteiger partial charge >= 0.3 is 71.0 Å². The Morgan fingerprint density at radius 2 is 1.09 bits per heavy atom. The number of aliphatic hydroxyl groups is 1. The maximum absolute atomic E-state index is 12.7. The van der Waals surface area contributed by atoms with E-state index in [0.717, 1.165) is 22.7 Å². The number of thioether (sulfide) groups is 1. The van der Waals surface area contributed by atoms with Crippen LogP contribution in [0.25, 0.3) is 0 Å². The maximum atomic E-state index is 12.7. The minimum absolute atomic E-state index is 0.0772. The predicted molar refractivity (Wildman–Crippen MR) is 228 cm³/mol. The molecule has 3 aromatic rings. The standard InChI is InChI=1S/C18H18F3NO7S2.C17H19NO5S.C2F6O5S2/c1-17(2,3)28-15(23)13-12(29-31(25,26)18(19,20)21)10-30-14(13)22-16(24)27-9-11-7-5-4-6-8-11;1-17(2,3)23-15(20)13-12(19)10-24-14(13)18-16(21)22-9-11-7-5-4-6-8-11;3-1(4,5)14(9,10)13-15(11,12)2(6,7)8/h4-8,10H,9H2,1-3H3,(H,22,24);4-8,19H,9-10H2,1-3H3;. The topological polar surface area (TPSA) is 271 Å². The molecule has 70 heavy (non-hydrogen) atoms. The van der Waals surface area contributed by atoms with E-state index in [1.54, 1.807) is 51.1 Å². The third-order valence-electron chi connectivity index (χ3n) is 6.87. The van der Waals surface area contributed by atoms with Crippen LogP contribution in [-0.4, -0.2) is 93.0 Å². The number of benzene rings is 2. The summed E-state index contributed by atoms with van der Waals surface area (Å²) in [5.74, 6) is -2.82. The summed E-state index contributed by atoms with van der Waals surface area (Å²) in [6, 6.07) is 17.8. The number of carbonyl (C=O) groups is 4. The molecule has 0 saturated heterocycles. The van der Waals surface area contributed by atoms with Crippen molar-refractivity contribution in [2.24, 2.45) is 4.99 Å². The summed E-state index contributed by atoms with van der Waals surface area (Å²) in [6.07, 6.45) is -1.85. The van der Waals surface area contributed by atoms with Crippen molar-refractivity contribution in [2.45, 2.75) is 82.5 Å². The van der Waals surface area contributed by atoms with Gasteiger partial charge in [0.2, 0.25) is 0 Å². The van der Waals surface area contributed by atoms with Crippen molar-refractivity contribution in [3.8, 4) is 5.75 Å². The number of alkyl halides is 9. The average Bonchev–Trinajstić information content (AvgIpc) is 3.75. The molecule has 2 amide bonds. The van der Waals surface area contributed by atoms with Gasteiger partial charge in [-0.1, -0.05) is 72.4 Å². The van der Waals surface area contributed by atoms with Gasteiger partial charge in [0.1, 0.15) is 51.4 Å². The second-order valence-corrected chi connectivity index (χ2v) is 21.6. The van der Waals surface area contributed by atoms with Crippen molar-refractivity contribution >= 4 is 87.6 Å². The number of rotatable bonds is 11. The number of esters is 2. The molecule has 0 saturated carbocycles. The van der Waals surface area contributed by atoms with Crippen molar-refractivity contribution in [1.29, 1.82) is 0 Å². The number of hydrogen-bond acceptors (Lipinski definition) is 19. The van der Waals surface area contributed by atoms with E-state index in [9.17, 15) is 89.1 Å². The highest BCUT2D eigenvalue weighted by Gasteiger charge is 2.57. The van der Waals surface area contributed by atoms with E-state index >= 15 is 0 Å². The summed E-state index contributed by atoms with van der Waals surface area (Å²) < 4.78 is 195. The number of aliphatic hydroxyl groups excluding tert-OH is 1. The van der Waals surface area contributed by atoms with Gasteiger partial charge in [-0.05, 0) is 52.7 Å². The molecule has 0 spiro atoms. The van der Waals surface area contributed by atoms with Crippen molar-refractivity contribution in [3.63, 3.8) is 0 Å². The molecule has 0 fully saturated rings. The molecule has 2 aromatic carbocycles. The number of nitrogens with zero attached hydrogens (tertiary/aromatic N) is 1. The van der Waals surface area contributed by atoms with E-state index in [2.05, 4.69) is 14.5 Å².